The summed E-state index contributed by atoms with van der Waals surface area (Å²) in [6.07, 6.45) is 0.207. The molecule has 1 atom stereocenters. The number of amides is 2. The van der Waals surface area contributed by atoms with Crippen LogP contribution in [0.3, 0.4) is 0 Å². The van der Waals surface area contributed by atoms with Crippen molar-refractivity contribution in [1.29, 1.82) is 0 Å². The number of nitrogens with zero attached hydrogens (tertiary/aromatic N) is 3. The molecule has 7 heteroatoms. The van der Waals surface area contributed by atoms with Crippen molar-refractivity contribution in [1.82, 2.24) is 15.2 Å². The Balaban J connectivity index is 1.48. The lowest BCUT2D eigenvalue weighted by Crippen LogP contribution is -2.28. The smallest absolute Gasteiger partial charge is 0.229 e. The summed E-state index contributed by atoms with van der Waals surface area (Å²) < 4.78 is 0. The summed E-state index contributed by atoms with van der Waals surface area (Å²) in [5, 5.41) is 9.90. The van der Waals surface area contributed by atoms with Crippen LogP contribution in [0.25, 0.3) is 11.4 Å². The fraction of sp³-hybridized carbons (Fsp3) is 0.273. The zero-order chi connectivity index (χ0) is 20.5. The molecular weight excluding hydrogens is 366 g/mol. The van der Waals surface area contributed by atoms with Gasteiger partial charge in [0.25, 0.3) is 0 Å². The normalized spacial score (nSPS) is 16.3. The Morgan fingerprint density at radius 3 is 2.72 bits per heavy atom. The van der Waals surface area contributed by atoms with Crippen molar-refractivity contribution in [3.8, 4) is 11.4 Å². The quantitative estimate of drug-likeness (QED) is 0.716. The molecule has 1 fully saturated rings. The molecule has 0 saturated carbocycles. The number of carbonyl (C=O) groups is 2. The zero-order valence-electron chi connectivity index (χ0n) is 16.7. The minimum atomic E-state index is -0.392. The van der Waals surface area contributed by atoms with Gasteiger partial charge in [0.05, 0.1) is 5.92 Å². The monoisotopic (exact) mass is 389 g/mol. The molecule has 0 aliphatic carbocycles. The molecule has 1 aliphatic heterocycles. The van der Waals surface area contributed by atoms with E-state index in [2.05, 4.69) is 20.5 Å². The summed E-state index contributed by atoms with van der Waals surface area (Å²) in [4.78, 5) is 31.4. The number of hydrogen-bond acceptors (Lipinski definition) is 4. The number of hydrogen-bond donors (Lipinski definition) is 2. The maximum Gasteiger partial charge on any atom is 0.229 e. The highest BCUT2D eigenvalue weighted by atomic mass is 16.2. The van der Waals surface area contributed by atoms with Crippen LogP contribution in [0.15, 0.2) is 42.5 Å². The number of anilines is 2. The van der Waals surface area contributed by atoms with Crippen LogP contribution in [-0.4, -0.2) is 33.5 Å². The highest BCUT2D eigenvalue weighted by molar-refractivity contribution is 6.04. The summed E-state index contributed by atoms with van der Waals surface area (Å²) in [7, 11) is 0. The van der Waals surface area contributed by atoms with Crippen LogP contribution in [0.4, 0.5) is 11.4 Å². The number of benzene rings is 2. The molecular formula is C22H23N5O2. The Morgan fingerprint density at radius 1 is 1.17 bits per heavy atom. The molecule has 2 amide bonds. The lowest BCUT2D eigenvalue weighted by Gasteiger charge is -2.20. The first-order valence-corrected chi connectivity index (χ1v) is 9.59. The number of aromatic nitrogens is 3. The van der Waals surface area contributed by atoms with Gasteiger partial charge in [-0.3, -0.25) is 14.7 Å². The summed E-state index contributed by atoms with van der Waals surface area (Å²) in [5.74, 6) is 0.733. The minimum Gasteiger partial charge on any atom is -0.326 e. The number of aryl methyl sites for hydroxylation is 2. The van der Waals surface area contributed by atoms with Crippen molar-refractivity contribution in [2.45, 2.75) is 27.2 Å². The van der Waals surface area contributed by atoms with Gasteiger partial charge in [-0.1, -0.05) is 24.3 Å². The topological polar surface area (TPSA) is 91.0 Å². The molecule has 2 heterocycles. The SMILES string of the molecule is Cc1nc(-c2cccc(NC(=O)C3CC(=O)N(c4cccc(C)c4C)C3)c2)n[nH]1. The van der Waals surface area contributed by atoms with Gasteiger partial charge in [0, 0.05) is 29.9 Å². The third-order valence-electron chi connectivity index (χ3n) is 5.35. The first-order chi connectivity index (χ1) is 13.9. The molecule has 3 aromatic rings. The van der Waals surface area contributed by atoms with E-state index >= 15 is 0 Å². The summed E-state index contributed by atoms with van der Waals surface area (Å²) in [5.41, 5.74) is 4.55. The maximum absolute atomic E-state index is 12.8. The van der Waals surface area contributed by atoms with Gasteiger partial charge < -0.3 is 10.2 Å². The Labute approximate surface area is 169 Å². The van der Waals surface area contributed by atoms with E-state index in [4.69, 9.17) is 0 Å². The van der Waals surface area contributed by atoms with Crippen molar-refractivity contribution in [2.75, 3.05) is 16.8 Å². The van der Waals surface area contributed by atoms with Gasteiger partial charge in [0.2, 0.25) is 11.8 Å². The number of aromatic amines is 1. The maximum atomic E-state index is 12.8. The predicted molar refractivity (Wildman–Crippen MR) is 112 cm³/mol. The van der Waals surface area contributed by atoms with E-state index in [9.17, 15) is 9.59 Å². The highest BCUT2D eigenvalue weighted by Crippen LogP contribution is 2.30. The Bertz CT molecular complexity index is 1090. The van der Waals surface area contributed by atoms with Crippen molar-refractivity contribution in [2.24, 2.45) is 5.92 Å². The summed E-state index contributed by atoms with van der Waals surface area (Å²) in [6, 6.07) is 13.3. The average molecular weight is 389 g/mol. The van der Waals surface area contributed by atoms with Crippen LogP contribution in [0.2, 0.25) is 0 Å². The summed E-state index contributed by atoms with van der Waals surface area (Å²) >= 11 is 0. The highest BCUT2D eigenvalue weighted by Gasteiger charge is 2.35. The fourth-order valence-electron chi connectivity index (χ4n) is 3.60. The molecule has 0 radical (unpaired) electrons. The molecule has 0 bridgehead atoms. The number of nitrogens with one attached hydrogen (secondary N) is 2. The first-order valence-electron chi connectivity index (χ1n) is 9.59. The molecule has 29 heavy (non-hydrogen) atoms. The average Bonchev–Trinajstić information content (AvgIpc) is 3.30. The van der Waals surface area contributed by atoms with Crippen LogP contribution in [0.5, 0.6) is 0 Å². The number of rotatable bonds is 4. The third kappa shape index (κ3) is 3.76. The van der Waals surface area contributed by atoms with Gasteiger partial charge in [-0.05, 0) is 50.1 Å². The Kier molecular flexibility index (Phi) is 4.88. The molecule has 2 N–H and O–H groups in total. The van der Waals surface area contributed by atoms with E-state index in [1.165, 1.54) is 0 Å². The zero-order valence-corrected chi connectivity index (χ0v) is 16.7. The Morgan fingerprint density at radius 2 is 1.97 bits per heavy atom. The summed E-state index contributed by atoms with van der Waals surface area (Å²) in [6.45, 7) is 6.24. The van der Waals surface area contributed by atoms with E-state index in [-0.39, 0.29) is 18.2 Å². The van der Waals surface area contributed by atoms with Crippen LogP contribution in [0, 0.1) is 26.7 Å². The van der Waals surface area contributed by atoms with Crippen LogP contribution >= 0.6 is 0 Å². The van der Waals surface area contributed by atoms with Crippen molar-refractivity contribution < 1.29 is 9.59 Å². The molecule has 4 rings (SSSR count). The van der Waals surface area contributed by atoms with Crippen LogP contribution in [-0.2, 0) is 9.59 Å². The largest absolute Gasteiger partial charge is 0.326 e. The van der Waals surface area contributed by atoms with Gasteiger partial charge >= 0.3 is 0 Å². The number of carbonyl (C=O) groups excluding carboxylic acids is 2. The van der Waals surface area contributed by atoms with Gasteiger partial charge in [-0.25, -0.2) is 4.98 Å². The van der Waals surface area contributed by atoms with Crippen molar-refractivity contribution in [3.05, 3.63) is 59.4 Å². The van der Waals surface area contributed by atoms with Gasteiger partial charge in [-0.2, -0.15) is 5.10 Å². The lowest BCUT2D eigenvalue weighted by molar-refractivity contribution is -0.122. The molecule has 2 aromatic carbocycles. The van der Waals surface area contributed by atoms with E-state index in [1.54, 1.807) is 4.90 Å². The lowest BCUT2D eigenvalue weighted by atomic mass is 10.1. The van der Waals surface area contributed by atoms with E-state index in [0.29, 0.717) is 18.1 Å². The predicted octanol–water partition coefficient (Wildman–Crippen LogP) is 3.39. The third-order valence-corrected chi connectivity index (χ3v) is 5.35. The molecule has 7 nitrogen and oxygen atoms in total. The van der Waals surface area contributed by atoms with Gasteiger partial charge in [0.15, 0.2) is 5.82 Å². The molecule has 1 saturated heterocycles. The van der Waals surface area contributed by atoms with E-state index < -0.39 is 5.92 Å². The second-order valence-electron chi connectivity index (χ2n) is 7.44. The van der Waals surface area contributed by atoms with E-state index in [1.807, 2.05) is 63.2 Å². The standard InChI is InChI=1S/C22H23N5O2/c1-13-6-4-9-19(14(13)2)27-12-17(11-20(27)28)22(29)24-18-8-5-7-16(10-18)21-23-15(3)25-26-21/h4-10,17H,11-12H2,1-3H3,(H,24,29)(H,23,25,26). The van der Waals surface area contributed by atoms with Gasteiger partial charge in [-0.15, -0.1) is 0 Å². The van der Waals surface area contributed by atoms with Crippen molar-refractivity contribution >= 4 is 23.2 Å². The number of H-pyrrole nitrogens is 1. The van der Waals surface area contributed by atoms with E-state index in [0.717, 1.165) is 28.2 Å². The molecule has 1 aliphatic rings. The van der Waals surface area contributed by atoms with Crippen LogP contribution < -0.4 is 10.2 Å². The molecule has 0 spiro atoms. The molecule has 1 unspecified atom stereocenters. The van der Waals surface area contributed by atoms with Crippen molar-refractivity contribution in [3.63, 3.8) is 0 Å². The second kappa shape index (κ2) is 7.50. The van der Waals surface area contributed by atoms with Crippen LogP contribution in [0.1, 0.15) is 23.4 Å². The molecule has 1 aromatic heterocycles. The second-order valence-corrected chi connectivity index (χ2v) is 7.44. The Hall–Kier alpha value is -3.48. The first kappa shape index (κ1) is 18.9. The van der Waals surface area contributed by atoms with Gasteiger partial charge in [0.1, 0.15) is 5.82 Å². The molecule has 148 valence electrons. The minimum absolute atomic E-state index is 0.0243. The fourth-order valence-corrected chi connectivity index (χ4v) is 3.60.